The Bertz CT molecular complexity index is 680. The smallest absolute Gasteiger partial charge is 0.324 e. The number of nitriles is 2. The summed E-state index contributed by atoms with van der Waals surface area (Å²) in [6.07, 6.45) is 3.86. The zero-order valence-electron chi connectivity index (χ0n) is 14.3. The summed E-state index contributed by atoms with van der Waals surface area (Å²) in [5.74, 6) is 0. The molecule has 24 heavy (non-hydrogen) atoms. The van der Waals surface area contributed by atoms with Gasteiger partial charge in [0.2, 0.25) is 0 Å². The lowest BCUT2D eigenvalue weighted by atomic mass is 9.94. The van der Waals surface area contributed by atoms with E-state index >= 15 is 0 Å². The first-order valence-corrected chi connectivity index (χ1v) is 7.92. The van der Waals surface area contributed by atoms with Crippen molar-refractivity contribution in [2.24, 2.45) is 0 Å². The third-order valence-corrected chi connectivity index (χ3v) is 3.53. The molecule has 0 aliphatic carbocycles. The lowest BCUT2D eigenvalue weighted by molar-refractivity contribution is 0.170. The molecule has 0 radical (unpaired) electrons. The van der Waals surface area contributed by atoms with Gasteiger partial charge in [0.25, 0.3) is 0 Å². The third-order valence-electron chi connectivity index (χ3n) is 3.53. The van der Waals surface area contributed by atoms with E-state index in [1.54, 1.807) is 19.1 Å². The molecule has 0 aliphatic heterocycles. The lowest BCUT2D eigenvalue weighted by Gasteiger charge is -2.15. The van der Waals surface area contributed by atoms with Crippen LogP contribution in [0.25, 0.3) is 6.08 Å². The standard InChI is InChI=1S/C18H22N4O2/c1-4-6-7-16-13(3)17(22-24-18(23)21-5-2)9-8-15(16)10-14(11-19)12-20/h8-10,22H,4-7H2,1-3H3,(H,21,23). The van der Waals surface area contributed by atoms with Crippen molar-refractivity contribution in [3.63, 3.8) is 0 Å². The first-order valence-electron chi connectivity index (χ1n) is 7.92. The van der Waals surface area contributed by atoms with Gasteiger partial charge in [-0.3, -0.25) is 0 Å². The molecule has 2 N–H and O–H groups in total. The van der Waals surface area contributed by atoms with E-state index in [0.29, 0.717) is 12.2 Å². The Balaban J connectivity index is 3.14. The van der Waals surface area contributed by atoms with Gasteiger partial charge in [-0.2, -0.15) is 10.5 Å². The van der Waals surface area contributed by atoms with E-state index in [1.165, 1.54) is 0 Å². The van der Waals surface area contributed by atoms with E-state index in [0.717, 1.165) is 36.0 Å². The molecule has 0 atom stereocenters. The monoisotopic (exact) mass is 326 g/mol. The maximum atomic E-state index is 11.4. The summed E-state index contributed by atoms with van der Waals surface area (Å²) >= 11 is 0. The number of nitrogens with zero attached hydrogens (tertiary/aromatic N) is 2. The second-order valence-corrected chi connectivity index (χ2v) is 5.21. The van der Waals surface area contributed by atoms with Gasteiger partial charge in [0.1, 0.15) is 17.7 Å². The van der Waals surface area contributed by atoms with E-state index in [4.69, 9.17) is 15.4 Å². The van der Waals surface area contributed by atoms with Gasteiger partial charge in [-0.05, 0) is 55.5 Å². The fraction of sp³-hybridized carbons (Fsp3) is 0.389. The van der Waals surface area contributed by atoms with Crippen molar-refractivity contribution in [1.82, 2.24) is 5.32 Å². The number of nitrogens with one attached hydrogen (secondary N) is 2. The summed E-state index contributed by atoms with van der Waals surface area (Å²) in [6.45, 7) is 6.31. The zero-order chi connectivity index (χ0) is 17.9. The molecule has 6 heteroatoms. The van der Waals surface area contributed by atoms with Crippen LogP contribution in [-0.2, 0) is 11.3 Å². The Morgan fingerprint density at radius 3 is 2.58 bits per heavy atom. The number of unbranched alkanes of at least 4 members (excludes halogenated alkanes) is 1. The predicted octanol–water partition coefficient (Wildman–Crippen LogP) is 3.84. The van der Waals surface area contributed by atoms with E-state index in [9.17, 15) is 4.79 Å². The summed E-state index contributed by atoms with van der Waals surface area (Å²) in [5, 5.41) is 20.4. The molecule has 1 aromatic carbocycles. The second-order valence-electron chi connectivity index (χ2n) is 5.21. The molecule has 126 valence electrons. The largest absolute Gasteiger partial charge is 0.431 e. The molecule has 0 spiro atoms. The van der Waals surface area contributed by atoms with Crippen LogP contribution in [-0.4, -0.2) is 12.6 Å². The number of hydrogen-bond acceptors (Lipinski definition) is 5. The molecule has 0 unspecified atom stereocenters. The lowest BCUT2D eigenvalue weighted by Crippen LogP contribution is -2.26. The van der Waals surface area contributed by atoms with Crippen LogP contribution in [0.3, 0.4) is 0 Å². The Morgan fingerprint density at radius 2 is 2.00 bits per heavy atom. The minimum atomic E-state index is -0.549. The molecular formula is C18H22N4O2. The minimum absolute atomic E-state index is 0.0615. The fourth-order valence-corrected chi connectivity index (χ4v) is 2.24. The van der Waals surface area contributed by atoms with Crippen LogP contribution < -0.4 is 10.8 Å². The highest BCUT2D eigenvalue weighted by Gasteiger charge is 2.11. The van der Waals surface area contributed by atoms with Crippen molar-refractivity contribution in [3.8, 4) is 12.1 Å². The number of allylic oxidation sites excluding steroid dienone is 1. The summed E-state index contributed by atoms with van der Waals surface area (Å²) in [4.78, 5) is 16.3. The van der Waals surface area contributed by atoms with Gasteiger partial charge in [-0.25, -0.2) is 10.3 Å². The molecule has 1 rings (SSSR count). The van der Waals surface area contributed by atoms with Gasteiger partial charge in [-0.1, -0.05) is 19.4 Å². The van der Waals surface area contributed by atoms with Gasteiger partial charge < -0.3 is 10.2 Å². The zero-order valence-corrected chi connectivity index (χ0v) is 14.3. The quantitative estimate of drug-likeness (QED) is 0.586. The molecule has 0 aliphatic rings. The second kappa shape index (κ2) is 9.91. The molecule has 0 bridgehead atoms. The minimum Gasteiger partial charge on any atom is -0.324 e. The number of anilines is 1. The number of benzene rings is 1. The fourth-order valence-electron chi connectivity index (χ4n) is 2.24. The Labute approximate surface area is 142 Å². The predicted molar refractivity (Wildman–Crippen MR) is 92.8 cm³/mol. The van der Waals surface area contributed by atoms with Gasteiger partial charge in [-0.15, -0.1) is 0 Å². The van der Waals surface area contributed by atoms with Crippen LogP contribution >= 0.6 is 0 Å². The molecule has 0 saturated carbocycles. The maximum Gasteiger partial charge on any atom is 0.431 e. The van der Waals surface area contributed by atoms with Crippen LogP contribution in [0.1, 0.15) is 43.4 Å². The molecule has 6 nitrogen and oxygen atoms in total. The summed E-state index contributed by atoms with van der Waals surface area (Å²) < 4.78 is 0. The van der Waals surface area contributed by atoms with Crippen molar-refractivity contribution < 1.29 is 9.63 Å². The molecule has 0 fully saturated rings. The number of hydrogen-bond donors (Lipinski definition) is 2. The molecular weight excluding hydrogens is 304 g/mol. The first kappa shape index (κ1) is 19.1. The molecule has 1 aromatic rings. The van der Waals surface area contributed by atoms with Gasteiger partial charge in [0.15, 0.2) is 0 Å². The van der Waals surface area contributed by atoms with Crippen molar-refractivity contribution in [1.29, 1.82) is 10.5 Å². The van der Waals surface area contributed by atoms with E-state index < -0.39 is 6.09 Å². The summed E-state index contributed by atoms with van der Waals surface area (Å²) in [7, 11) is 0. The normalized spacial score (nSPS) is 9.38. The Kier molecular flexibility index (Phi) is 7.87. The average molecular weight is 326 g/mol. The molecule has 0 aromatic heterocycles. The Hall–Kier alpha value is -2.99. The van der Waals surface area contributed by atoms with E-state index in [2.05, 4.69) is 17.7 Å². The SMILES string of the molecule is CCCCc1c(C=C(C#N)C#N)ccc(NOC(=O)NCC)c1C. The van der Waals surface area contributed by atoms with Gasteiger partial charge in [0.05, 0.1) is 5.69 Å². The number of carbonyl (C=O) groups is 1. The van der Waals surface area contributed by atoms with Crippen molar-refractivity contribution in [2.75, 3.05) is 12.0 Å². The van der Waals surface area contributed by atoms with Gasteiger partial charge >= 0.3 is 6.09 Å². The van der Waals surface area contributed by atoms with Gasteiger partial charge in [0, 0.05) is 6.54 Å². The number of amides is 1. The van der Waals surface area contributed by atoms with Crippen molar-refractivity contribution in [3.05, 3.63) is 34.4 Å². The average Bonchev–Trinajstić information content (AvgIpc) is 2.58. The van der Waals surface area contributed by atoms with Crippen LogP contribution in [0.4, 0.5) is 10.5 Å². The van der Waals surface area contributed by atoms with Crippen LogP contribution in [0, 0.1) is 29.6 Å². The topological polar surface area (TPSA) is 97.9 Å². The highest BCUT2D eigenvalue weighted by Crippen LogP contribution is 2.26. The highest BCUT2D eigenvalue weighted by molar-refractivity contribution is 5.71. The molecule has 0 heterocycles. The van der Waals surface area contributed by atoms with Crippen LogP contribution in [0.15, 0.2) is 17.7 Å². The van der Waals surface area contributed by atoms with Crippen LogP contribution in [0.2, 0.25) is 0 Å². The van der Waals surface area contributed by atoms with Crippen molar-refractivity contribution >= 4 is 17.9 Å². The van der Waals surface area contributed by atoms with Crippen molar-refractivity contribution in [2.45, 2.75) is 40.0 Å². The third kappa shape index (κ3) is 5.33. The summed E-state index contributed by atoms with van der Waals surface area (Å²) in [6, 6.07) is 7.34. The highest BCUT2D eigenvalue weighted by atomic mass is 16.7. The first-order chi connectivity index (χ1) is 11.6. The molecule has 0 saturated heterocycles. The maximum absolute atomic E-state index is 11.4. The van der Waals surface area contributed by atoms with E-state index in [-0.39, 0.29) is 5.57 Å². The Morgan fingerprint density at radius 1 is 1.29 bits per heavy atom. The van der Waals surface area contributed by atoms with Crippen LogP contribution in [0.5, 0.6) is 0 Å². The molecule has 1 amide bonds. The summed E-state index contributed by atoms with van der Waals surface area (Å²) in [5.41, 5.74) is 6.20. The number of carbonyl (C=O) groups excluding carboxylic acids is 1. The number of rotatable bonds is 7. The van der Waals surface area contributed by atoms with E-state index in [1.807, 2.05) is 25.1 Å².